The minimum atomic E-state index is -0.383. The van der Waals surface area contributed by atoms with Gasteiger partial charge in [-0.2, -0.15) is 0 Å². The highest BCUT2D eigenvalue weighted by Gasteiger charge is 2.14. The number of ether oxygens (including phenoxy) is 2. The summed E-state index contributed by atoms with van der Waals surface area (Å²) in [6, 6.07) is 7.04. The Hall–Kier alpha value is -2.14. The smallest absolute Gasteiger partial charge is 0.161 e. The Labute approximate surface area is 118 Å². The summed E-state index contributed by atoms with van der Waals surface area (Å²) >= 11 is 0. The highest BCUT2D eigenvalue weighted by Crippen LogP contribution is 2.31. The molecule has 2 aromatic rings. The molecule has 1 aromatic heterocycles. The van der Waals surface area contributed by atoms with E-state index in [1.165, 1.54) is 0 Å². The van der Waals surface area contributed by atoms with Gasteiger partial charge < -0.3 is 15.2 Å². The summed E-state index contributed by atoms with van der Waals surface area (Å²) in [5.74, 6) is 2.00. The summed E-state index contributed by atoms with van der Waals surface area (Å²) in [6.07, 6.45) is 3.36. The van der Waals surface area contributed by atoms with Gasteiger partial charge in [0.2, 0.25) is 0 Å². The molecule has 2 N–H and O–H groups in total. The van der Waals surface area contributed by atoms with Gasteiger partial charge in [-0.15, -0.1) is 0 Å². The first-order valence-electron chi connectivity index (χ1n) is 6.68. The molecular weight excluding hydrogens is 254 g/mol. The summed E-state index contributed by atoms with van der Waals surface area (Å²) in [7, 11) is 0. The van der Waals surface area contributed by atoms with Crippen molar-refractivity contribution < 1.29 is 9.47 Å². The van der Waals surface area contributed by atoms with E-state index in [9.17, 15) is 0 Å². The second-order valence-corrected chi connectivity index (χ2v) is 4.16. The molecule has 0 saturated heterocycles. The average molecular weight is 273 g/mol. The molecule has 0 bridgehead atoms. The third-order valence-electron chi connectivity index (χ3n) is 2.79. The van der Waals surface area contributed by atoms with E-state index in [-0.39, 0.29) is 6.04 Å². The first-order valence-corrected chi connectivity index (χ1v) is 6.68. The summed E-state index contributed by atoms with van der Waals surface area (Å²) < 4.78 is 11.1. The van der Waals surface area contributed by atoms with Crippen molar-refractivity contribution in [1.82, 2.24) is 9.97 Å². The minimum absolute atomic E-state index is 0.383. The molecule has 20 heavy (non-hydrogen) atoms. The molecule has 0 amide bonds. The van der Waals surface area contributed by atoms with E-state index >= 15 is 0 Å². The van der Waals surface area contributed by atoms with Gasteiger partial charge >= 0.3 is 0 Å². The average Bonchev–Trinajstić information content (AvgIpc) is 2.50. The van der Waals surface area contributed by atoms with Crippen LogP contribution in [0.5, 0.6) is 11.5 Å². The standard InChI is InChI=1S/C15H19N3O2/c1-3-19-12-7-6-11(10-13(12)20-4-2)14(16)15-17-8-5-9-18-15/h5-10,14H,3-4,16H2,1-2H3. The molecule has 0 saturated carbocycles. The predicted octanol–water partition coefficient (Wildman–Crippen LogP) is 2.32. The largest absolute Gasteiger partial charge is 0.490 e. The Bertz CT molecular complexity index is 546. The van der Waals surface area contributed by atoms with Crippen LogP contribution in [0.2, 0.25) is 0 Å². The van der Waals surface area contributed by atoms with Crippen LogP contribution in [0.1, 0.15) is 31.3 Å². The number of hydrogen-bond donors (Lipinski definition) is 1. The minimum Gasteiger partial charge on any atom is -0.490 e. The number of hydrogen-bond acceptors (Lipinski definition) is 5. The highest BCUT2D eigenvalue weighted by atomic mass is 16.5. The van der Waals surface area contributed by atoms with Crippen LogP contribution in [0.3, 0.4) is 0 Å². The molecule has 0 fully saturated rings. The third-order valence-corrected chi connectivity index (χ3v) is 2.79. The van der Waals surface area contributed by atoms with Crippen LogP contribution < -0.4 is 15.2 Å². The SMILES string of the molecule is CCOc1ccc(C(N)c2ncccn2)cc1OCC. The molecular formula is C15H19N3O2. The molecule has 0 aliphatic heterocycles. The van der Waals surface area contributed by atoms with Gasteiger partial charge in [0.15, 0.2) is 11.5 Å². The predicted molar refractivity (Wildman–Crippen MR) is 76.8 cm³/mol. The topological polar surface area (TPSA) is 70.3 Å². The molecule has 0 aliphatic rings. The second-order valence-electron chi connectivity index (χ2n) is 4.16. The Morgan fingerprint density at radius 1 is 1.05 bits per heavy atom. The Kier molecular flexibility index (Phi) is 4.90. The van der Waals surface area contributed by atoms with Crippen LogP contribution in [0.15, 0.2) is 36.7 Å². The zero-order chi connectivity index (χ0) is 14.4. The first kappa shape index (κ1) is 14.3. The lowest BCUT2D eigenvalue weighted by Gasteiger charge is -2.15. The molecule has 1 heterocycles. The van der Waals surface area contributed by atoms with Crippen molar-refractivity contribution >= 4 is 0 Å². The molecule has 1 aromatic carbocycles. The van der Waals surface area contributed by atoms with Crippen molar-refractivity contribution in [3.63, 3.8) is 0 Å². The van der Waals surface area contributed by atoms with Crippen LogP contribution in [-0.4, -0.2) is 23.2 Å². The normalized spacial score (nSPS) is 11.9. The van der Waals surface area contributed by atoms with Gasteiger partial charge in [0, 0.05) is 12.4 Å². The van der Waals surface area contributed by atoms with Crippen molar-refractivity contribution in [3.05, 3.63) is 48.0 Å². The van der Waals surface area contributed by atoms with E-state index < -0.39 is 0 Å². The maximum atomic E-state index is 6.18. The zero-order valence-corrected chi connectivity index (χ0v) is 11.7. The first-order chi connectivity index (χ1) is 9.76. The van der Waals surface area contributed by atoms with Gasteiger partial charge in [-0.3, -0.25) is 0 Å². The fourth-order valence-corrected chi connectivity index (χ4v) is 1.88. The van der Waals surface area contributed by atoms with Crippen LogP contribution in [0, 0.1) is 0 Å². The Morgan fingerprint density at radius 2 is 1.70 bits per heavy atom. The van der Waals surface area contributed by atoms with Gasteiger partial charge in [-0.25, -0.2) is 9.97 Å². The van der Waals surface area contributed by atoms with E-state index in [2.05, 4.69) is 9.97 Å². The molecule has 2 rings (SSSR count). The van der Waals surface area contributed by atoms with Crippen molar-refractivity contribution in [2.24, 2.45) is 5.73 Å². The van der Waals surface area contributed by atoms with E-state index in [4.69, 9.17) is 15.2 Å². The molecule has 5 heteroatoms. The molecule has 0 radical (unpaired) electrons. The van der Waals surface area contributed by atoms with Gasteiger partial charge in [0.25, 0.3) is 0 Å². The van der Waals surface area contributed by atoms with Crippen molar-refractivity contribution in [2.45, 2.75) is 19.9 Å². The van der Waals surface area contributed by atoms with E-state index in [1.54, 1.807) is 18.5 Å². The lowest BCUT2D eigenvalue weighted by Crippen LogP contribution is -2.15. The van der Waals surface area contributed by atoms with Crippen LogP contribution in [0.25, 0.3) is 0 Å². The molecule has 106 valence electrons. The maximum absolute atomic E-state index is 6.18. The summed E-state index contributed by atoms with van der Waals surface area (Å²) in [4.78, 5) is 8.36. The number of aromatic nitrogens is 2. The van der Waals surface area contributed by atoms with Gasteiger partial charge in [0.1, 0.15) is 5.82 Å². The van der Waals surface area contributed by atoms with Crippen LogP contribution in [0.4, 0.5) is 0 Å². The van der Waals surface area contributed by atoms with Crippen LogP contribution in [-0.2, 0) is 0 Å². The highest BCUT2D eigenvalue weighted by molar-refractivity contribution is 5.44. The fraction of sp³-hybridized carbons (Fsp3) is 0.333. The van der Waals surface area contributed by atoms with E-state index in [1.807, 2.05) is 32.0 Å². The molecule has 0 spiro atoms. The number of nitrogens with zero attached hydrogens (tertiary/aromatic N) is 2. The lowest BCUT2D eigenvalue weighted by molar-refractivity contribution is 0.287. The summed E-state index contributed by atoms with van der Waals surface area (Å²) in [5.41, 5.74) is 7.08. The van der Waals surface area contributed by atoms with Gasteiger partial charge in [-0.1, -0.05) is 6.07 Å². The van der Waals surface area contributed by atoms with Gasteiger partial charge in [0.05, 0.1) is 19.3 Å². The monoisotopic (exact) mass is 273 g/mol. The molecule has 1 atom stereocenters. The lowest BCUT2D eigenvalue weighted by atomic mass is 10.1. The van der Waals surface area contributed by atoms with E-state index in [0.29, 0.717) is 24.8 Å². The van der Waals surface area contributed by atoms with E-state index in [0.717, 1.165) is 11.3 Å². The number of nitrogens with two attached hydrogens (primary N) is 1. The van der Waals surface area contributed by atoms with Crippen molar-refractivity contribution in [3.8, 4) is 11.5 Å². The van der Waals surface area contributed by atoms with Gasteiger partial charge in [-0.05, 0) is 37.6 Å². The third kappa shape index (κ3) is 3.24. The Balaban J connectivity index is 2.30. The van der Waals surface area contributed by atoms with Crippen LogP contribution >= 0.6 is 0 Å². The second kappa shape index (κ2) is 6.86. The Morgan fingerprint density at radius 3 is 2.35 bits per heavy atom. The maximum Gasteiger partial charge on any atom is 0.161 e. The zero-order valence-electron chi connectivity index (χ0n) is 11.7. The summed E-state index contributed by atoms with van der Waals surface area (Å²) in [6.45, 7) is 5.03. The summed E-state index contributed by atoms with van der Waals surface area (Å²) in [5, 5.41) is 0. The molecule has 5 nitrogen and oxygen atoms in total. The van der Waals surface area contributed by atoms with Crippen molar-refractivity contribution in [2.75, 3.05) is 13.2 Å². The number of rotatable bonds is 6. The number of benzene rings is 1. The van der Waals surface area contributed by atoms with Crippen molar-refractivity contribution in [1.29, 1.82) is 0 Å². The fourth-order valence-electron chi connectivity index (χ4n) is 1.88. The molecule has 1 unspecified atom stereocenters. The molecule has 0 aliphatic carbocycles. The quantitative estimate of drug-likeness (QED) is 0.874.